The Labute approximate surface area is 163 Å². The van der Waals surface area contributed by atoms with Crippen LogP contribution in [0.3, 0.4) is 0 Å². The molecule has 0 N–H and O–H groups in total. The zero-order chi connectivity index (χ0) is 17.2. The maximum absolute atomic E-state index is 6.07. The minimum atomic E-state index is 0.483. The van der Waals surface area contributed by atoms with Crippen molar-refractivity contribution in [3.63, 3.8) is 0 Å². The third kappa shape index (κ3) is 3.71. The predicted octanol–water partition coefficient (Wildman–Crippen LogP) is 6.96. The molecule has 0 atom stereocenters. The van der Waals surface area contributed by atoms with E-state index in [1.54, 1.807) is 11.3 Å². The van der Waals surface area contributed by atoms with E-state index >= 15 is 0 Å². The van der Waals surface area contributed by atoms with Crippen LogP contribution in [0.25, 0.3) is 20.8 Å². The summed E-state index contributed by atoms with van der Waals surface area (Å²) in [4.78, 5) is 4.75. The lowest BCUT2D eigenvalue weighted by Gasteiger charge is -2.11. The molecule has 4 rings (SSSR count). The number of hydrogen-bond acceptors (Lipinski definition) is 3. The number of halogens is 2. The van der Waals surface area contributed by atoms with Crippen molar-refractivity contribution < 1.29 is 4.74 Å². The van der Waals surface area contributed by atoms with Crippen molar-refractivity contribution in [2.24, 2.45) is 0 Å². The van der Waals surface area contributed by atoms with Gasteiger partial charge in [-0.15, -0.1) is 11.3 Å². The minimum Gasteiger partial charge on any atom is -0.488 e. The van der Waals surface area contributed by atoms with E-state index in [1.165, 1.54) is 4.70 Å². The number of benzene rings is 3. The van der Waals surface area contributed by atoms with E-state index in [2.05, 4.69) is 28.1 Å². The standard InChI is InChI=1S/C20H13BrClNOS/c21-14-7-10-18(24-12-13-5-8-15(22)9-6-13)16(11-14)20-23-17-3-1-2-4-19(17)25-20/h1-11H,12H2. The number of hydrogen-bond donors (Lipinski definition) is 0. The van der Waals surface area contributed by atoms with E-state index in [9.17, 15) is 0 Å². The predicted molar refractivity (Wildman–Crippen MR) is 109 cm³/mol. The molecule has 25 heavy (non-hydrogen) atoms. The molecule has 0 radical (unpaired) electrons. The monoisotopic (exact) mass is 429 g/mol. The lowest BCUT2D eigenvalue weighted by atomic mass is 10.2. The maximum Gasteiger partial charge on any atom is 0.130 e. The number of rotatable bonds is 4. The molecule has 0 saturated carbocycles. The van der Waals surface area contributed by atoms with Gasteiger partial charge in [0.05, 0.1) is 15.8 Å². The second kappa shape index (κ2) is 7.16. The summed E-state index contributed by atoms with van der Waals surface area (Å²) in [5, 5.41) is 1.68. The molecule has 0 spiro atoms. The summed E-state index contributed by atoms with van der Waals surface area (Å²) in [5.74, 6) is 0.817. The molecule has 0 unspecified atom stereocenters. The first-order valence-electron chi connectivity index (χ1n) is 7.72. The molecule has 124 valence electrons. The van der Waals surface area contributed by atoms with Crippen molar-refractivity contribution >= 4 is 49.1 Å². The van der Waals surface area contributed by atoms with E-state index < -0.39 is 0 Å². The van der Waals surface area contributed by atoms with Crippen LogP contribution in [0.2, 0.25) is 5.02 Å². The smallest absolute Gasteiger partial charge is 0.130 e. The summed E-state index contributed by atoms with van der Waals surface area (Å²) >= 11 is 11.2. The summed E-state index contributed by atoms with van der Waals surface area (Å²) in [6, 6.07) is 21.8. The Bertz CT molecular complexity index is 996. The van der Waals surface area contributed by atoms with Crippen LogP contribution in [0, 0.1) is 0 Å². The molecule has 2 nitrogen and oxygen atoms in total. The van der Waals surface area contributed by atoms with Crippen LogP contribution in [0.1, 0.15) is 5.56 Å². The first-order chi connectivity index (χ1) is 12.2. The van der Waals surface area contributed by atoms with Crippen LogP contribution in [0.5, 0.6) is 5.75 Å². The van der Waals surface area contributed by atoms with Gasteiger partial charge in [0, 0.05) is 9.50 Å². The highest BCUT2D eigenvalue weighted by molar-refractivity contribution is 9.10. The van der Waals surface area contributed by atoms with Crippen molar-refractivity contribution in [2.45, 2.75) is 6.61 Å². The lowest BCUT2D eigenvalue weighted by Crippen LogP contribution is -1.97. The number of fused-ring (bicyclic) bond motifs is 1. The van der Waals surface area contributed by atoms with Gasteiger partial charge >= 0.3 is 0 Å². The van der Waals surface area contributed by atoms with Gasteiger partial charge < -0.3 is 4.74 Å². The number of aromatic nitrogens is 1. The third-order valence-corrected chi connectivity index (χ3v) is 5.59. The van der Waals surface area contributed by atoms with E-state index in [0.29, 0.717) is 6.61 Å². The number of para-hydroxylation sites is 1. The molecular formula is C20H13BrClNOS. The maximum atomic E-state index is 6.07. The first-order valence-corrected chi connectivity index (χ1v) is 9.70. The Morgan fingerprint density at radius 2 is 1.80 bits per heavy atom. The molecule has 0 fully saturated rings. The molecule has 0 aliphatic carbocycles. The molecule has 5 heteroatoms. The lowest BCUT2D eigenvalue weighted by molar-refractivity contribution is 0.307. The van der Waals surface area contributed by atoms with Gasteiger partial charge in [0.2, 0.25) is 0 Å². The van der Waals surface area contributed by atoms with Gasteiger partial charge in [0.15, 0.2) is 0 Å². The van der Waals surface area contributed by atoms with Gasteiger partial charge in [-0.05, 0) is 48.0 Å². The Hall–Kier alpha value is -1.88. The largest absolute Gasteiger partial charge is 0.488 e. The fourth-order valence-corrected chi connectivity index (χ4v) is 4.00. The zero-order valence-corrected chi connectivity index (χ0v) is 16.2. The Morgan fingerprint density at radius 1 is 1.00 bits per heavy atom. The summed E-state index contributed by atoms with van der Waals surface area (Å²) < 4.78 is 8.24. The third-order valence-electron chi connectivity index (χ3n) is 3.77. The summed E-state index contributed by atoms with van der Waals surface area (Å²) in [6.45, 7) is 0.483. The van der Waals surface area contributed by atoms with E-state index in [4.69, 9.17) is 21.3 Å². The van der Waals surface area contributed by atoms with Gasteiger partial charge in [-0.25, -0.2) is 4.98 Å². The van der Waals surface area contributed by atoms with Crippen LogP contribution in [-0.2, 0) is 6.61 Å². The van der Waals surface area contributed by atoms with Gasteiger partial charge in [-0.1, -0.05) is 51.8 Å². The Balaban J connectivity index is 1.67. The molecular weight excluding hydrogens is 418 g/mol. The van der Waals surface area contributed by atoms with Crippen LogP contribution < -0.4 is 4.74 Å². The molecule has 1 heterocycles. The normalized spacial score (nSPS) is 11.0. The van der Waals surface area contributed by atoms with E-state index in [-0.39, 0.29) is 0 Å². The minimum absolute atomic E-state index is 0.483. The topological polar surface area (TPSA) is 22.1 Å². The summed E-state index contributed by atoms with van der Waals surface area (Å²) in [5.41, 5.74) is 3.07. The molecule has 0 aliphatic rings. The highest BCUT2D eigenvalue weighted by Crippen LogP contribution is 2.37. The Kier molecular flexibility index (Phi) is 4.75. The molecule has 4 aromatic rings. The number of ether oxygens (including phenoxy) is 1. The number of thiazole rings is 1. The van der Waals surface area contributed by atoms with Crippen molar-refractivity contribution in [3.05, 3.63) is 81.8 Å². The highest BCUT2D eigenvalue weighted by atomic mass is 79.9. The highest BCUT2D eigenvalue weighted by Gasteiger charge is 2.12. The first kappa shape index (κ1) is 16.6. The van der Waals surface area contributed by atoms with Crippen molar-refractivity contribution in [2.75, 3.05) is 0 Å². The van der Waals surface area contributed by atoms with Crippen LogP contribution >= 0.6 is 38.9 Å². The van der Waals surface area contributed by atoms with Crippen LogP contribution in [-0.4, -0.2) is 4.98 Å². The van der Waals surface area contributed by atoms with Gasteiger partial charge in [0.1, 0.15) is 17.4 Å². The van der Waals surface area contributed by atoms with Crippen LogP contribution in [0.4, 0.5) is 0 Å². The molecule has 0 amide bonds. The van der Waals surface area contributed by atoms with Crippen molar-refractivity contribution in [1.82, 2.24) is 4.98 Å². The second-order valence-corrected chi connectivity index (χ2v) is 7.93. The SMILES string of the molecule is Clc1ccc(COc2ccc(Br)cc2-c2nc3ccccc3s2)cc1. The Morgan fingerprint density at radius 3 is 2.60 bits per heavy atom. The average molecular weight is 431 g/mol. The molecule has 0 saturated heterocycles. The fraction of sp³-hybridized carbons (Fsp3) is 0.0500. The van der Waals surface area contributed by atoms with Crippen LogP contribution in [0.15, 0.2) is 71.2 Å². The molecule has 0 aliphatic heterocycles. The van der Waals surface area contributed by atoms with Gasteiger partial charge in [-0.2, -0.15) is 0 Å². The van der Waals surface area contributed by atoms with Crippen molar-refractivity contribution in [3.8, 4) is 16.3 Å². The zero-order valence-electron chi connectivity index (χ0n) is 13.1. The summed E-state index contributed by atoms with van der Waals surface area (Å²) in [6.07, 6.45) is 0. The van der Waals surface area contributed by atoms with E-state index in [1.807, 2.05) is 54.6 Å². The molecule has 0 bridgehead atoms. The number of nitrogens with zero attached hydrogens (tertiary/aromatic N) is 1. The molecule has 1 aromatic heterocycles. The average Bonchev–Trinajstić information content (AvgIpc) is 3.06. The van der Waals surface area contributed by atoms with Crippen molar-refractivity contribution in [1.29, 1.82) is 0 Å². The summed E-state index contributed by atoms with van der Waals surface area (Å²) in [7, 11) is 0. The molecule has 3 aromatic carbocycles. The fourth-order valence-electron chi connectivity index (χ4n) is 2.52. The van der Waals surface area contributed by atoms with Gasteiger partial charge in [-0.3, -0.25) is 0 Å². The van der Waals surface area contributed by atoms with E-state index in [0.717, 1.165) is 36.9 Å². The quantitative estimate of drug-likeness (QED) is 0.349. The van der Waals surface area contributed by atoms with Gasteiger partial charge in [0.25, 0.3) is 0 Å². The second-order valence-electron chi connectivity index (χ2n) is 5.54.